The van der Waals surface area contributed by atoms with Crippen LogP contribution in [0.15, 0.2) is 200 Å². The molecule has 0 amide bonds. The van der Waals surface area contributed by atoms with Gasteiger partial charge >= 0.3 is 0 Å². The highest BCUT2D eigenvalue weighted by molar-refractivity contribution is 7.25. The molecule has 15 rings (SSSR count). The van der Waals surface area contributed by atoms with Crippen LogP contribution in [0, 0.1) is 0 Å². The van der Waals surface area contributed by atoms with E-state index in [9.17, 15) is 0 Å². The van der Waals surface area contributed by atoms with Gasteiger partial charge in [-0.1, -0.05) is 176 Å². The van der Waals surface area contributed by atoms with Gasteiger partial charge in [0.2, 0.25) is 0 Å². The van der Waals surface area contributed by atoms with Crippen molar-refractivity contribution in [3.05, 3.63) is 222 Å². The van der Waals surface area contributed by atoms with Gasteiger partial charge in [-0.15, -0.1) is 22.7 Å². The van der Waals surface area contributed by atoms with Crippen LogP contribution in [0.2, 0.25) is 0 Å². The van der Waals surface area contributed by atoms with E-state index in [1.807, 2.05) is 22.7 Å². The normalized spacial score (nSPS) is 16.3. The van der Waals surface area contributed by atoms with E-state index in [4.69, 9.17) is 4.74 Å². The molecular formula is C64H40OS2. The van der Waals surface area contributed by atoms with Gasteiger partial charge in [0.05, 0.1) is 0 Å². The molecule has 0 radical (unpaired) electrons. The lowest BCUT2D eigenvalue weighted by Gasteiger charge is -2.26. The second-order valence-electron chi connectivity index (χ2n) is 18.4. The third-order valence-corrected chi connectivity index (χ3v) is 17.2. The molecule has 2 atom stereocenters. The number of aryl methyl sites for hydroxylation is 1. The zero-order valence-electron chi connectivity index (χ0n) is 36.4. The first-order valence-electron chi connectivity index (χ1n) is 23.4. The number of thiophene rings is 2. The minimum Gasteiger partial charge on any atom is -0.484 e. The van der Waals surface area contributed by atoms with Crippen molar-refractivity contribution in [2.75, 3.05) is 0 Å². The Morgan fingerprint density at radius 3 is 1.54 bits per heavy atom. The molecule has 3 heterocycles. The fourth-order valence-electron chi connectivity index (χ4n) is 12.0. The van der Waals surface area contributed by atoms with E-state index in [1.165, 1.54) is 134 Å². The molecule has 0 saturated carbocycles. The molecule has 0 bridgehead atoms. The number of benzene rings is 10. The van der Waals surface area contributed by atoms with Crippen molar-refractivity contribution >= 4 is 108 Å². The van der Waals surface area contributed by atoms with Crippen molar-refractivity contribution in [2.24, 2.45) is 0 Å². The number of hydrogen-bond donors (Lipinski definition) is 0. The molecule has 0 fully saturated rings. The summed E-state index contributed by atoms with van der Waals surface area (Å²) < 4.78 is 11.3. The predicted octanol–water partition coefficient (Wildman–Crippen LogP) is 18.3. The van der Waals surface area contributed by atoms with E-state index >= 15 is 0 Å². The zero-order valence-corrected chi connectivity index (χ0v) is 38.1. The first-order chi connectivity index (χ1) is 33.2. The third-order valence-electron chi connectivity index (χ3n) is 14.9. The average Bonchev–Trinajstić information content (AvgIpc) is 4.07. The predicted molar refractivity (Wildman–Crippen MR) is 289 cm³/mol. The average molecular weight is 889 g/mol. The van der Waals surface area contributed by atoms with Gasteiger partial charge in [-0.2, -0.15) is 0 Å². The van der Waals surface area contributed by atoms with Gasteiger partial charge in [0.1, 0.15) is 11.9 Å². The molecule has 2 aromatic heterocycles. The Kier molecular flexibility index (Phi) is 8.13. The minimum atomic E-state index is -0.158. The topological polar surface area (TPSA) is 9.23 Å². The van der Waals surface area contributed by atoms with Crippen LogP contribution < -0.4 is 4.74 Å². The summed E-state index contributed by atoms with van der Waals surface area (Å²) in [4.78, 5) is 1.41. The van der Waals surface area contributed by atoms with Gasteiger partial charge in [-0.05, 0) is 136 Å². The highest BCUT2D eigenvalue weighted by atomic mass is 32.1. The van der Waals surface area contributed by atoms with Crippen LogP contribution in [0.25, 0.3) is 118 Å². The summed E-state index contributed by atoms with van der Waals surface area (Å²) in [5, 5.41) is 14.1. The van der Waals surface area contributed by atoms with Crippen molar-refractivity contribution in [2.45, 2.75) is 24.9 Å². The van der Waals surface area contributed by atoms with Gasteiger partial charge in [0.15, 0.2) is 0 Å². The molecule has 0 spiro atoms. The maximum absolute atomic E-state index is 7.30. The monoisotopic (exact) mass is 888 g/mol. The van der Waals surface area contributed by atoms with Crippen LogP contribution in [-0.2, 0) is 6.42 Å². The first kappa shape index (κ1) is 37.6. The van der Waals surface area contributed by atoms with E-state index in [2.05, 4.69) is 206 Å². The van der Waals surface area contributed by atoms with Crippen molar-refractivity contribution in [1.29, 1.82) is 0 Å². The quantitative estimate of drug-likeness (QED) is 0.160. The number of rotatable bonds is 4. The van der Waals surface area contributed by atoms with E-state index < -0.39 is 0 Å². The molecule has 1 nitrogen and oxygen atoms in total. The Bertz CT molecular complexity index is 4100. The summed E-state index contributed by atoms with van der Waals surface area (Å²) in [6, 6.07) is 66.0. The third kappa shape index (κ3) is 5.53. The summed E-state index contributed by atoms with van der Waals surface area (Å²) in [5.41, 5.74) is 12.8. The number of allylic oxidation sites excluding steroid dienone is 3. The van der Waals surface area contributed by atoms with Crippen LogP contribution >= 0.6 is 22.7 Å². The van der Waals surface area contributed by atoms with Crippen LogP contribution in [0.1, 0.15) is 33.9 Å². The summed E-state index contributed by atoms with van der Waals surface area (Å²) in [7, 11) is 0. The van der Waals surface area contributed by atoms with Crippen molar-refractivity contribution < 1.29 is 4.74 Å². The van der Waals surface area contributed by atoms with Crippen molar-refractivity contribution in [3.8, 4) is 39.1 Å². The molecular weight excluding hydrogens is 849 g/mol. The Morgan fingerprint density at radius 1 is 0.433 bits per heavy atom. The van der Waals surface area contributed by atoms with E-state index in [-0.39, 0.29) is 12.0 Å². The van der Waals surface area contributed by atoms with Crippen LogP contribution in [0.3, 0.4) is 0 Å². The SMILES string of the molecule is C1=CC2c3ccc(-c4c5ccccc5c(-c5ccc6c(c5)sc5ccccc56)c5ccccc45)cc3OC2C(c2c3ccccc3c(-c3ccc4c5c(sc4c3)C=CCC5)c3ccccc23)=C1. The van der Waals surface area contributed by atoms with Crippen molar-refractivity contribution in [3.63, 3.8) is 0 Å². The molecule has 314 valence electrons. The first-order valence-corrected chi connectivity index (χ1v) is 25.1. The maximum Gasteiger partial charge on any atom is 0.135 e. The Labute approximate surface area is 395 Å². The maximum atomic E-state index is 7.30. The van der Waals surface area contributed by atoms with Crippen LogP contribution in [0.4, 0.5) is 0 Å². The van der Waals surface area contributed by atoms with Gasteiger partial charge in [-0.25, -0.2) is 0 Å². The van der Waals surface area contributed by atoms with Crippen molar-refractivity contribution in [1.82, 2.24) is 0 Å². The molecule has 2 unspecified atom stereocenters. The highest BCUT2D eigenvalue weighted by Crippen LogP contribution is 2.53. The zero-order chi connectivity index (χ0) is 43.7. The van der Waals surface area contributed by atoms with E-state index in [1.54, 1.807) is 0 Å². The summed E-state index contributed by atoms with van der Waals surface area (Å²) in [5.74, 6) is 1.06. The molecule has 3 aliphatic rings. The minimum absolute atomic E-state index is 0.0993. The number of hydrogen-bond acceptors (Lipinski definition) is 3. The molecule has 1 aliphatic heterocycles. The second kappa shape index (κ2) is 14.5. The van der Waals surface area contributed by atoms with Crippen LogP contribution in [-0.4, -0.2) is 6.10 Å². The lowest BCUT2D eigenvalue weighted by atomic mass is 9.79. The van der Waals surface area contributed by atoms with Gasteiger partial charge in [-0.3, -0.25) is 0 Å². The van der Waals surface area contributed by atoms with E-state index in [0.29, 0.717) is 0 Å². The fraction of sp³-hybridized carbons (Fsp3) is 0.0625. The molecule has 67 heavy (non-hydrogen) atoms. The lowest BCUT2D eigenvalue weighted by molar-refractivity contribution is 0.278. The second-order valence-corrected chi connectivity index (χ2v) is 20.6. The highest BCUT2D eigenvalue weighted by Gasteiger charge is 2.39. The molecule has 3 heteroatoms. The Hall–Kier alpha value is -7.56. The summed E-state index contributed by atoms with van der Waals surface area (Å²) in [6.07, 6.45) is 13.6. The number of ether oxygens (including phenoxy) is 1. The lowest BCUT2D eigenvalue weighted by Crippen LogP contribution is -2.21. The molecule has 10 aromatic carbocycles. The van der Waals surface area contributed by atoms with Gasteiger partial charge in [0.25, 0.3) is 0 Å². The van der Waals surface area contributed by atoms with Gasteiger partial charge in [0, 0.05) is 46.8 Å². The molecule has 2 aliphatic carbocycles. The molecule has 0 N–H and O–H groups in total. The standard InChI is InChI=1S/C64H40OS2/c1-3-18-47-45(16-1)60(46-17-2-4-19-48(46)61(47)38-29-32-43-41-14-9-11-26-56(41)66-58(43)35-38)37-28-31-40-53-24-13-25-54(64(53)65-55(40)34-37)63-51-22-7-5-20-49(51)62(50-21-6-8-23-52(50)63)39-30-33-44-42-15-10-12-27-57(42)67-59(44)36-39/h1-9,11-14,16-36,53,64H,10,15H2. The largest absolute Gasteiger partial charge is 0.484 e. The Balaban J connectivity index is 0.857. The van der Waals surface area contributed by atoms with E-state index in [0.717, 1.165) is 18.6 Å². The molecule has 12 aromatic rings. The fourth-order valence-corrected chi connectivity index (χ4v) is 14.4. The summed E-state index contributed by atoms with van der Waals surface area (Å²) >= 11 is 3.81. The summed E-state index contributed by atoms with van der Waals surface area (Å²) in [6.45, 7) is 0. The van der Waals surface area contributed by atoms with Crippen LogP contribution in [0.5, 0.6) is 5.75 Å². The molecule has 0 saturated heterocycles. The Morgan fingerprint density at radius 2 is 0.925 bits per heavy atom. The number of fused-ring (bicyclic) bond motifs is 13. The van der Waals surface area contributed by atoms with Gasteiger partial charge < -0.3 is 4.74 Å². The smallest absolute Gasteiger partial charge is 0.135 e.